The lowest BCUT2D eigenvalue weighted by molar-refractivity contribution is 0.0591. The first-order valence-corrected chi connectivity index (χ1v) is 6.72. The summed E-state index contributed by atoms with van der Waals surface area (Å²) in [4.78, 5) is 23.3. The molecular weight excluding hydrogens is 354 g/mol. The minimum Gasteiger partial charge on any atom is -0.478 e. The van der Waals surface area contributed by atoms with Crippen LogP contribution in [0.4, 0.5) is 5.69 Å². The zero-order valence-electron chi connectivity index (χ0n) is 11.3. The number of carbonyl (C=O) groups is 2. The molecule has 7 nitrogen and oxygen atoms in total. The van der Waals surface area contributed by atoms with Crippen molar-refractivity contribution in [3.8, 4) is 11.8 Å². The Morgan fingerprint density at radius 1 is 1.45 bits per heavy atom. The molecule has 0 unspecified atom stereocenters. The van der Waals surface area contributed by atoms with E-state index in [-0.39, 0.29) is 28.2 Å². The predicted molar refractivity (Wildman–Crippen MR) is 80.9 cm³/mol. The Labute approximate surface area is 133 Å². The number of anilines is 1. The third-order valence-corrected chi connectivity index (χ3v) is 3.49. The molecule has 0 saturated carbocycles. The van der Waals surface area contributed by atoms with Crippen LogP contribution in [0.5, 0.6) is 0 Å². The molecule has 0 spiro atoms. The molecule has 2 aromatic rings. The van der Waals surface area contributed by atoms with E-state index in [9.17, 15) is 14.7 Å². The number of aromatic nitrogens is 1. The molecule has 112 valence electrons. The molecule has 22 heavy (non-hydrogen) atoms. The Morgan fingerprint density at radius 2 is 2.14 bits per heavy atom. The second-order valence-corrected chi connectivity index (χ2v) is 5.16. The number of hydrogen-bond donors (Lipinski definition) is 2. The average molecular weight is 364 g/mol. The lowest BCUT2D eigenvalue weighted by atomic mass is 10.1. The zero-order chi connectivity index (χ0) is 16.4. The number of carbonyl (C=O) groups excluding carboxylic acids is 1. The van der Waals surface area contributed by atoms with E-state index in [1.807, 2.05) is 6.07 Å². The summed E-state index contributed by atoms with van der Waals surface area (Å²) >= 11 is 3.25. The Kier molecular flexibility index (Phi) is 4.19. The van der Waals surface area contributed by atoms with Gasteiger partial charge in [-0.15, -0.1) is 0 Å². The Bertz CT molecular complexity index is 820. The lowest BCUT2D eigenvalue weighted by Crippen LogP contribution is -2.13. The van der Waals surface area contributed by atoms with E-state index in [1.54, 1.807) is 6.07 Å². The third-order valence-electron chi connectivity index (χ3n) is 2.99. The van der Waals surface area contributed by atoms with Gasteiger partial charge in [-0.25, -0.2) is 9.59 Å². The van der Waals surface area contributed by atoms with E-state index < -0.39 is 11.9 Å². The smallest absolute Gasteiger partial charge is 0.357 e. The minimum atomic E-state index is -1.18. The molecule has 0 bridgehead atoms. The number of carboxylic acid groups (broad SMARTS) is 1. The Hall–Kier alpha value is -2.79. The molecule has 1 aromatic carbocycles. The van der Waals surface area contributed by atoms with E-state index >= 15 is 0 Å². The fraction of sp³-hybridized carbons (Fsp3) is 0.0714. The maximum absolute atomic E-state index is 11.9. The maximum Gasteiger partial charge on any atom is 0.357 e. The van der Waals surface area contributed by atoms with Crippen molar-refractivity contribution in [2.24, 2.45) is 0 Å². The summed E-state index contributed by atoms with van der Waals surface area (Å²) in [6.45, 7) is 0. The van der Waals surface area contributed by atoms with Crippen LogP contribution in [0.1, 0.15) is 26.4 Å². The van der Waals surface area contributed by atoms with Crippen LogP contribution in [0, 0.1) is 11.3 Å². The van der Waals surface area contributed by atoms with E-state index in [2.05, 4.69) is 20.7 Å². The fourth-order valence-corrected chi connectivity index (χ4v) is 2.34. The second kappa shape index (κ2) is 5.91. The van der Waals surface area contributed by atoms with E-state index in [0.29, 0.717) is 4.47 Å². The van der Waals surface area contributed by atoms with Crippen molar-refractivity contribution < 1.29 is 19.4 Å². The van der Waals surface area contributed by atoms with Gasteiger partial charge in [0.05, 0.1) is 29.6 Å². The van der Waals surface area contributed by atoms with Crippen molar-refractivity contribution in [3.63, 3.8) is 0 Å². The number of nitrogens with two attached hydrogens (primary N) is 1. The van der Waals surface area contributed by atoms with Gasteiger partial charge in [0.2, 0.25) is 0 Å². The number of carboxylic acids is 1. The van der Waals surface area contributed by atoms with Crippen LogP contribution >= 0.6 is 15.9 Å². The first-order valence-electron chi connectivity index (χ1n) is 5.93. The Balaban J connectivity index is 2.84. The number of methoxy groups -OCH3 is 1. The highest BCUT2D eigenvalue weighted by atomic mass is 79.9. The number of ether oxygens (including phenoxy) is 1. The molecule has 0 saturated heterocycles. The number of hydrogen-bond acceptors (Lipinski definition) is 5. The third kappa shape index (κ3) is 2.54. The first-order chi connectivity index (χ1) is 10.4. The predicted octanol–water partition coefficient (Wildman–Crippen LogP) is 2.18. The van der Waals surface area contributed by atoms with Crippen LogP contribution in [0.15, 0.2) is 28.9 Å². The van der Waals surface area contributed by atoms with Gasteiger partial charge >= 0.3 is 11.9 Å². The van der Waals surface area contributed by atoms with Gasteiger partial charge in [-0.05, 0) is 18.2 Å². The topological polar surface area (TPSA) is 118 Å². The van der Waals surface area contributed by atoms with Crippen LogP contribution < -0.4 is 5.73 Å². The molecule has 0 radical (unpaired) electrons. The van der Waals surface area contributed by atoms with Crippen molar-refractivity contribution in [2.45, 2.75) is 0 Å². The standard InChI is InChI=1S/C14H10BrN3O4/c1-22-14(21)12-11(17)7(5-16)6-18(12)10-4-8(15)2-3-9(10)13(19)20/h2-4,6H,17H2,1H3,(H,19,20). The fourth-order valence-electron chi connectivity index (χ4n) is 1.99. The maximum atomic E-state index is 11.9. The summed E-state index contributed by atoms with van der Waals surface area (Å²) in [5.74, 6) is -1.94. The number of halogens is 1. The quantitative estimate of drug-likeness (QED) is 0.806. The summed E-state index contributed by atoms with van der Waals surface area (Å²) in [5, 5.41) is 18.4. The summed E-state index contributed by atoms with van der Waals surface area (Å²) < 4.78 is 6.51. The van der Waals surface area contributed by atoms with Crippen molar-refractivity contribution in [2.75, 3.05) is 12.8 Å². The van der Waals surface area contributed by atoms with Crippen LogP contribution in [-0.4, -0.2) is 28.7 Å². The van der Waals surface area contributed by atoms with Crippen LogP contribution in [0.2, 0.25) is 0 Å². The second-order valence-electron chi connectivity index (χ2n) is 4.25. The molecule has 0 aliphatic carbocycles. The molecule has 1 heterocycles. The summed E-state index contributed by atoms with van der Waals surface area (Å²) in [6.07, 6.45) is 1.30. The minimum absolute atomic E-state index is 0.0483. The number of benzene rings is 1. The van der Waals surface area contributed by atoms with E-state index in [0.717, 1.165) is 0 Å². The van der Waals surface area contributed by atoms with Crippen molar-refractivity contribution in [1.29, 1.82) is 5.26 Å². The van der Waals surface area contributed by atoms with Crippen molar-refractivity contribution >= 4 is 33.6 Å². The molecule has 0 amide bonds. The van der Waals surface area contributed by atoms with Crippen molar-refractivity contribution in [1.82, 2.24) is 4.57 Å². The number of aromatic carboxylic acids is 1. The zero-order valence-corrected chi connectivity index (χ0v) is 12.9. The summed E-state index contributed by atoms with van der Waals surface area (Å²) in [5.41, 5.74) is 5.82. The largest absolute Gasteiger partial charge is 0.478 e. The molecule has 0 aliphatic heterocycles. The monoisotopic (exact) mass is 363 g/mol. The molecule has 8 heteroatoms. The summed E-state index contributed by atoms with van der Waals surface area (Å²) in [6, 6.07) is 6.30. The number of rotatable bonds is 3. The molecule has 1 aromatic heterocycles. The first kappa shape index (κ1) is 15.6. The number of nitrogens with zero attached hydrogens (tertiary/aromatic N) is 2. The van der Waals surface area contributed by atoms with Crippen LogP contribution in [0.25, 0.3) is 5.69 Å². The lowest BCUT2D eigenvalue weighted by Gasteiger charge is -2.11. The van der Waals surface area contributed by atoms with Crippen LogP contribution in [0.3, 0.4) is 0 Å². The Morgan fingerprint density at radius 3 is 2.68 bits per heavy atom. The van der Waals surface area contributed by atoms with Gasteiger partial charge in [0.15, 0.2) is 5.69 Å². The van der Waals surface area contributed by atoms with Gasteiger partial charge in [0.25, 0.3) is 0 Å². The van der Waals surface area contributed by atoms with Gasteiger partial charge in [-0.3, -0.25) is 0 Å². The van der Waals surface area contributed by atoms with Gasteiger partial charge in [-0.2, -0.15) is 5.26 Å². The van der Waals surface area contributed by atoms with E-state index in [4.69, 9.17) is 11.0 Å². The van der Waals surface area contributed by atoms with Gasteiger partial charge in [-0.1, -0.05) is 15.9 Å². The molecule has 0 fully saturated rings. The van der Waals surface area contributed by atoms with Crippen LogP contribution in [-0.2, 0) is 4.74 Å². The number of nitrogen functional groups attached to an aromatic ring is 1. The molecular formula is C14H10BrN3O4. The summed E-state index contributed by atoms with van der Waals surface area (Å²) in [7, 11) is 1.17. The SMILES string of the molecule is COC(=O)c1c(N)c(C#N)cn1-c1cc(Br)ccc1C(=O)O. The number of esters is 1. The van der Waals surface area contributed by atoms with Crippen molar-refractivity contribution in [3.05, 3.63) is 45.7 Å². The van der Waals surface area contributed by atoms with Gasteiger partial charge in [0.1, 0.15) is 6.07 Å². The molecule has 2 rings (SSSR count). The molecule has 0 atom stereocenters. The van der Waals surface area contributed by atoms with Gasteiger partial charge in [0, 0.05) is 10.7 Å². The molecule has 0 aliphatic rings. The highest BCUT2D eigenvalue weighted by molar-refractivity contribution is 9.10. The number of nitriles is 1. The van der Waals surface area contributed by atoms with Gasteiger partial charge < -0.3 is 20.1 Å². The van der Waals surface area contributed by atoms with E-state index in [1.165, 1.54) is 30.0 Å². The average Bonchev–Trinajstić information content (AvgIpc) is 2.82. The molecule has 3 N–H and O–H groups in total. The highest BCUT2D eigenvalue weighted by Crippen LogP contribution is 2.28. The highest BCUT2D eigenvalue weighted by Gasteiger charge is 2.24. The normalized spacial score (nSPS) is 10.0.